The molecule has 1 unspecified atom stereocenters. The number of carbonyl (C=O) groups is 1. The third-order valence-electron chi connectivity index (χ3n) is 4.23. The highest BCUT2D eigenvalue weighted by Crippen LogP contribution is 2.19. The maximum absolute atomic E-state index is 12.3. The molecular weight excluding hydrogens is 322 g/mol. The number of anilines is 1. The van der Waals surface area contributed by atoms with E-state index in [1.54, 1.807) is 6.20 Å². The van der Waals surface area contributed by atoms with E-state index >= 15 is 0 Å². The van der Waals surface area contributed by atoms with Crippen molar-refractivity contribution < 1.29 is 4.79 Å². The first-order valence-corrected chi connectivity index (χ1v) is 8.84. The van der Waals surface area contributed by atoms with Gasteiger partial charge in [-0.3, -0.25) is 15.1 Å². The van der Waals surface area contributed by atoms with Gasteiger partial charge < -0.3 is 5.32 Å². The summed E-state index contributed by atoms with van der Waals surface area (Å²) in [6.07, 6.45) is 2.75. The van der Waals surface area contributed by atoms with Crippen LogP contribution in [-0.4, -0.2) is 17.4 Å². The van der Waals surface area contributed by atoms with Gasteiger partial charge in [0.15, 0.2) is 0 Å². The van der Waals surface area contributed by atoms with E-state index in [-0.39, 0.29) is 18.5 Å². The summed E-state index contributed by atoms with van der Waals surface area (Å²) in [5, 5.41) is 6.25. The van der Waals surface area contributed by atoms with Gasteiger partial charge in [0.05, 0.1) is 18.3 Å². The maximum atomic E-state index is 12.3. The highest BCUT2D eigenvalue weighted by Gasteiger charge is 2.16. The molecule has 4 nitrogen and oxygen atoms in total. The predicted molar refractivity (Wildman–Crippen MR) is 105 cm³/mol. The number of amides is 1. The molecule has 1 heterocycles. The van der Waals surface area contributed by atoms with Crippen LogP contribution in [0.15, 0.2) is 79.0 Å². The average Bonchev–Trinajstić information content (AvgIpc) is 2.70. The second kappa shape index (κ2) is 8.92. The Morgan fingerprint density at radius 3 is 2.35 bits per heavy atom. The zero-order valence-corrected chi connectivity index (χ0v) is 14.9. The molecule has 1 amide bonds. The highest BCUT2D eigenvalue weighted by atomic mass is 16.1. The highest BCUT2D eigenvalue weighted by molar-refractivity contribution is 5.92. The Kier molecular flexibility index (Phi) is 6.12. The number of hydrogen-bond acceptors (Lipinski definition) is 3. The maximum Gasteiger partial charge on any atom is 0.238 e. The van der Waals surface area contributed by atoms with Crippen LogP contribution >= 0.6 is 0 Å². The minimum absolute atomic E-state index is 0.0777. The fourth-order valence-corrected chi connectivity index (χ4v) is 2.81. The van der Waals surface area contributed by atoms with Gasteiger partial charge in [-0.25, -0.2) is 0 Å². The molecule has 3 rings (SSSR count). The fourth-order valence-electron chi connectivity index (χ4n) is 2.81. The van der Waals surface area contributed by atoms with Gasteiger partial charge >= 0.3 is 0 Å². The van der Waals surface area contributed by atoms with Crippen molar-refractivity contribution in [3.63, 3.8) is 0 Å². The zero-order valence-electron chi connectivity index (χ0n) is 14.9. The van der Waals surface area contributed by atoms with Crippen LogP contribution in [0.25, 0.3) is 0 Å². The Labute approximate surface area is 154 Å². The van der Waals surface area contributed by atoms with Crippen LogP contribution in [0.2, 0.25) is 0 Å². The topological polar surface area (TPSA) is 54.0 Å². The molecule has 1 aromatic heterocycles. The van der Waals surface area contributed by atoms with E-state index in [1.165, 1.54) is 5.56 Å². The van der Waals surface area contributed by atoms with E-state index in [1.807, 2.05) is 72.8 Å². The average molecular weight is 345 g/mol. The second-order valence-electron chi connectivity index (χ2n) is 6.08. The molecule has 0 spiro atoms. The molecule has 0 fully saturated rings. The minimum atomic E-state index is -0.134. The first kappa shape index (κ1) is 17.8. The van der Waals surface area contributed by atoms with Crippen molar-refractivity contribution in [3.8, 4) is 0 Å². The lowest BCUT2D eigenvalue weighted by Crippen LogP contribution is -2.32. The van der Waals surface area contributed by atoms with E-state index in [0.29, 0.717) is 0 Å². The van der Waals surface area contributed by atoms with Crippen molar-refractivity contribution in [2.24, 2.45) is 0 Å². The number of aryl methyl sites for hydroxylation is 1. The van der Waals surface area contributed by atoms with E-state index in [2.05, 4.69) is 22.5 Å². The van der Waals surface area contributed by atoms with Crippen molar-refractivity contribution in [2.45, 2.75) is 19.4 Å². The summed E-state index contributed by atoms with van der Waals surface area (Å²) < 4.78 is 0. The summed E-state index contributed by atoms with van der Waals surface area (Å²) in [6.45, 7) is 2.31. The molecule has 2 aromatic carbocycles. The Hall–Kier alpha value is -2.98. The molecule has 1 atom stereocenters. The van der Waals surface area contributed by atoms with Crippen molar-refractivity contribution in [2.75, 3.05) is 11.9 Å². The van der Waals surface area contributed by atoms with E-state index < -0.39 is 0 Å². The molecule has 0 bridgehead atoms. The first-order valence-electron chi connectivity index (χ1n) is 8.84. The summed E-state index contributed by atoms with van der Waals surface area (Å²) in [6, 6.07) is 23.6. The van der Waals surface area contributed by atoms with Gasteiger partial charge in [0.2, 0.25) is 5.91 Å². The van der Waals surface area contributed by atoms with Crippen molar-refractivity contribution in [1.29, 1.82) is 0 Å². The quantitative estimate of drug-likeness (QED) is 0.681. The van der Waals surface area contributed by atoms with Crippen molar-refractivity contribution in [1.82, 2.24) is 10.3 Å². The Bertz CT molecular complexity index is 778. The van der Waals surface area contributed by atoms with Crippen LogP contribution in [0, 0.1) is 0 Å². The third kappa shape index (κ3) is 4.77. The number of hydrogen-bond donors (Lipinski definition) is 2. The number of benzene rings is 2. The third-order valence-corrected chi connectivity index (χ3v) is 4.23. The molecule has 26 heavy (non-hydrogen) atoms. The van der Waals surface area contributed by atoms with E-state index in [0.717, 1.165) is 23.4 Å². The Morgan fingerprint density at radius 1 is 0.962 bits per heavy atom. The smallest absolute Gasteiger partial charge is 0.238 e. The predicted octanol–water partition coefficient (Wildman–Crippen LogP) is 3.96. The van der Waals surface area contributed by atoms with Crippen LogP contribution in [-0.2, 0) is 11.2 Å². The lowest BCUT2D eigenvalue weighted by molar-refractivity contribution is -0.115. The summed E-state index contributed by atoms with van der Waals surface area (Å²) in [5.41, 5.74) is 4.02. The van der Waals surface area contributed by atoms with Crippen LogP contribution in [0.5, 0.6) is 0 Å². The summed E-state index contributed by atoms with van der Waals surface area (Å²) in [7, 11) is 0. The largest absolute Gasteiger partial charge is 0.325 e. The van der Waals surface area contributed by atoms with Crippen molar-refractivity contribution >= 4 is 11.6 Å². The van der Waals surface area contributed by atoms with Gasteiger partial charge in [0.25, 0.3) is 0 Å². The van der Waals surface area contributed by atoms with Gasteiger partial charge in [-0.1, -0.05) is 55.5 Å². The molecule has 0 saturated heterocycles. The van der Waals surface area contributed by atoms with Gasteiger partial charge in [-0.05, 0) is 41.8 Å². The second-order valence-corrected chi connectivity index (χ2v) is 6.08. The first-order chi connectivity index (χ1) is 12.8. The van der Waals surface area contributed by atoms with Crippen LogP contribution in [0.1, 0.15) is 29.8 Å². The number of rotatable bonds is 7. The molecule has 3 aromatic rings. The zero-order chi connectivity index (χ0) is 18.2. The van der Waals surface area contributed by atoms with Crippen molar-refractivity contribution in [3.05, 3.63) is 95.8 Å². The molecule has 0 aliphatic heterocycles. The normalized spacial score (nSPS) is 11.7. The van der Waals surface area contributed by atoms with Gasteiger partial charge in [-0.15, -0.1) is 0 Å². The monoisotopic (exact) mass is 345 g/mol. The van der Waals surface area contributed by atoms with Crippen LogP contribution < -0.4 is 10.6 Å². The molecule has 2 N–H and O–H groups in total. The van der Waals surface area contributed by atoms with Gasteiger partial charge in [0.1, 0.15) is 0 Å². The molecule has 4 heteroatoms. The number of carbonyl (C=O) groups excluding carboxylic acids is 1. The summed E-state index contributed by atoms with van der Waals surface area (Å²) >= 11 is 0. The lowest BCUT2D eigenvalue weighted by atomic mass is 10.0. The number of nitrogens with zero attached hydrogens (tertiary/aromatic N) is 1. The van der Waals surface area contributed by atoms with Gasteiger partial charge in [0, 0.05) is 11.9 Å². The number of pyridine rings is 1. The van der Waals surface area contributed by atoms with E-state index in [9.17, 15) is 4.79 Å². The van der Waals surface area contributed by atoms with Crippen LogP contribution in [0.4, 0.5) is 5.69 Å². The van der Waals surface area contributed by atoms with E-state index in [4.69, 9.17) is 0 Å². The number of nitrogens with one attached hydrogen (secondary N) is 2. The SMILES string of the molecule is CCc1ccc(NC(=O)CNC(c2ccccc2)c2ccccn2)cc1. The molecular formula is C22H23N3O. The molecule has 0 aliphatic rings. The summed E-state index contributed by atoms with van der Waals surface area (Å²) in [4.78, 5) is 16.8. The molecule has 0 radical (unpaired) electrons. The summed E-state index contributed by atoms with van der Waals surface area (Å²) in [5.74, 6) is -0.0777. The standard InChI is InChI=1S/C22H23N3O/c1-2-17-11-13-19(14-12-17)25-21(26)16-24-22(18-8-4-3-5-9-18)20-10-6-7-15-23-20/h3-15,22,24H,2,16H2,1H3,(H,25,26). The number of aromatic nitrogens is 1. The molecule has 132 valence electrons. The molecule has 0 saturated carbocycles. The Morgan fingerprint density at radius 2 is 1.69 bits per heavy atom. The Balaban J connectivity index is 1.66. The lowest BCUT2D eigenvalue weighted by Gasteiger charge is -2.18. The fraction of sp³-hybridized carbons (Fsp3) is 0.182. The van der Waals surface area contributed by atoms with Crippen LogP contribution in [0.3, 0.4) is 0 Å². The minimum Gasteiger partial charge on any atom is -0.325 e. The molecule has 0 aliphatic carbocycles. The van der Waals surface area contributed by atoms with Gasteiger partial charge in [-0.2, -0.15) is 0 Å².